The molecule has 4 N–H and O–H groups in total. The zero-order valence-electron chi connectivity index (χ0n) is 22.2. The summed E-state index contributed by atoms with van der Waals surface area (Å²) in [5, 5.41) is 18.1. The Bertz CT molecular complexity index is 1400. The molecule has 0 spiro atoms. The number of urea groups is 1. The van der Waals surface area contributed by atoms with E-state index in [9.17, 15) is 24.3 Å². The van der Waals surface area contributed by atoms with Crippen molar-refractivity contribution in [2.24, 2.45) is 5.92 Å². The highest BCUT2D eigenvalue weighted by molar-refractivity contribution is 6.00. The maximum Gasteiger partial charge on any atom is 0.323 e. The highest BCUT2D eigenvalue weighted by Gasteiger charge is 2.39. The normalized spacial score (nSPS) is 16.4. The number of aliphatic carboxylic acids is 1. The van der Waals surface area contributed by atoms with Gasteiger partial charge in [-0.1, -0.05) is 42.5 Å². The largest absolute Gasteiger partial charge is 0.481 e. The molecular formula is C30H32N4O5. The van der Waals surface area contributed by atoms with E-state index in [2.05, 4.69) is 16.0 Å². The Hall–Kier alpha value is -4.66. The first-order valence-corrected chi connectivity index (χ1v) is 12.7. The highest BCUT2D eigenvalue weighted by atomic mass is 16.4. The minimum absolute atomic E-state index is 0.141. The Morgan fingerprint density at radius 1 is 0.846 bits per heavy atom. The van der Waals surface area contributed by atoms with Gasteiger partial charge < -0.3 is 26.0 Å². The van der Waals surface area contributed by atoms with Gasteiger partial charge in [0.05, 0.1) is 12.3 Å². The lowest BCUT2D eigenvalue weighted by molar-refractivity contribution is -0.141. The summed E-state index contributed by atoms with van der Waals surface area (Å²) in [6, 6.07) is 19.7. The Balaban J connectivity index is 1.33. The first-order valence-electron chi connectivity index (χ1n) is 12.7. The van der Waals surface area contributed by atoms with Gasteiger partial charge in [0, 0.05) is 43.0 Å². The molecule has 202 valence electrons. The summed E-state index contributed by atoms with van der Waals surface area (Å²) in [5.74, 6) is -2.23. The number of likely N-dealkylation sites (tertiary alicyclic amines) is 1. The predicted molar refractivity (Wildman–Crippen MR) is 150 cm³/mol. The second-order valence-electron chi connectivity index (χ2n) is 9.87. The van der Waals surface area contributed by atoms with Gasteiger partial charge in [-0.3, -0.25) is 14.4 Å². The number of benzene rings is 3. The van der Waals surface area contributed by atoms with Crippen molar-refractivity contribution in [3.8, 4) is 0 Å². The van der Waals surface area contributed by atoms with E-state index < -0.39 is 11.9 Å². The van der Waals surface area contributed by atoms with Crippen LogP contribution in [0.2, 0.25) is 0 Å². The van der Waals surface area contributed by atoms with Gasteiger partial charge in [-0.25, -0.2) is 4.79 Å². The molecule has 3 aromatic rings. The van der Waals surface area contributed by atoms with Crippen LogP contribution in [0.5, 0.6) is 0 Å². The third kappa shape index (κ3) is 6.81. The summed E-state index contributed by atoms with van der Waals surface area (Å²) in [6.07, 6.45) is 0.148. The van der Waals surface area contributed by atoms with Gasteiger partial charge >= 0.3 is 12.0 Å². The van der Waals surface area contributed by atoms with Gasteiger partial charge in [0.2, 0.25) is 11.8 Å². The van der Waals surface area contributed by atoms with E-state index in [0.717, 1.165) is 27.9 Å². The lowest BCUT2D eigenvalue weighted by Crippen LogP contribution is -2.27. The van der Waals surface area contributed by atoms with Crippen LogP contribution < -0.4 is 16.0 Å². The van der Waals surface area contributed by atoms with E-state index >= 15 is 0 Å². The number of para-hydroxylation sites is 1. The van der Waals surface area contributed by atoms with Crippen LogP contribution in [-0.4, -0.2) is 46.9 Å². The number of hydrogen-bond acceptors (Lipinski definition) is 4. The lowest BCUT2D eigenvalue weighted by atomic mass is 9.89. The maximum absolute atomic E-state index is 12.7. The summed E-state index contributed by atoms with van der Waals surface area (Å²) in [4.78, 5) is 50.1. The molecule has 0 bridgehead atoms. The second-order valence-corrected chi connectivity index (χ2v) is 9.87. The first kappa shape index (κ1) is 27.4. The van der Waals surface area contributed by atoms with E-state index in [1.54, 1.807) is 41.3 Å². The van der Waals surface area contributed by atoms with Gasteiger partial charge in [-0.15, -0.1) is 0 Å². The number of carbonyl (C=O) groups is 4. The molecule has 1 aliphatic heterocycles. The summed E-state index contributed by atoms with van der Waals surface area (Å²) < 4.78 is 0. The average Bonchev–Trinajstić information content (AvgIpc) is 3.34. The van der Waals surface area contributed by atoms with E-state index in [1.165, 1.54) is 6.92 Å². The molecule has 0 radical (unpaired) electrons. The van der Waals surface area contributed by atoms with Crippen molar-refractivity contribution < 1.29 is 24.3 Å². The number of carboxylic acids is 1. The van der Waals surface area contributed by atoms with E-state index in [4.69, 9.17) is 0 Å². The molecule has 9 nitrogen and oxygen atoms in total. The molecule has 1 aliphatic rings. The van der Waals surface area contributed by atoms with Crippen molar-refractivity contribution in [2.75, 3.05) is 29.0 Å². The standard InChI is InChI=1S/C30H32N4O5/c1-18-6-4-5-7-26(18)32-30(39)33-27-13-8-21(14-19(27)2)15-28(36)31-23-11-9-22(10-12-23)24-16-34(20(3)35)17-25(24)29(37)38/h4-14,24-25H,15-17H2,1-3H3,(H,31,36)(H,37,38)(H2,32,33,39). The number of rotatable bonds is 7. The van der Waals surface area contributed by atoms with Crippen LogP contribution in [0, 0.1) is 19.8 Å². The summed E-state index contributed by atoms with van der Waals surface area (Å²) in [7, 11) is 0. The second kappa shape index (κ2) is 11.8. The fourth-order valence-electron chi connectivity index (χ4n) is 4.82. The molecule has 2 atom stereocenters. The van der Waals surface area contributed by atoms with Crippen LogP contribution in [0.15, 0.2) is 66.7 Å². The number of carbonyl (C=O) groups excluding carboxylic acids is 3. The Kier molecular flexibility index (Phi) is 8.29. The molecule has 3 aromatic carbocycles. The van der Waals surface area contributed by atoms with Gasteiger partial charge in [-0.2, -0.15) is 0 Å². The number of nitrogens with zero attached hydrogens (tertiary/aromatic N) is 1. The molecule has 1 fully saturated rings. The Morgan fingerprint density at radius 2 is 1.51 bits per heavy atom. The zero-order chi connectivity index (χ0) is 28.1. The van der Waals surface area contributed by atoms with Crippen molar-refractivity contribution in [3.63, 3.8) is 0 Å². The topological polar surface area (TPSA) is 128 Å². The quantitative estimate of drug-likeness (QED) is 0.351. The van der Waals surface area contributed by atoms with Crippen molar-refractivity contribution in [2.45, 2.75) is 33.1 Å². The van der Waals surface area contributed by atoms with Crippen molar-refractivity contribution in [3.05, 3.63) is 89.0 Å². The minimum Gasteiger partial charge on any atom is -0.481 e. The van der Waals surface area contributed by atoms with Crippen LogP contribution >= 0.6 is 0 Å². The molecule has 39 heavy (non-hydrogen) atoms. The van der Waals surface area contributed by atoms with Crippen LogP contribution in [0.1, 0.15) is 35.1 Å². The summed E-state index contributed by atoms with van der Waals surface area (Å²) in [5.41, 5.74) is 5.38. The predicted octanol–water partition coefficient (Wildman–Crippen LogP) is 4.78. The number of carboxylic acid groups (broad SMARTS) is 1. The van der Waals surface area contributed by atoms with E-state index in [0.29, 0.717) is 17.9 Å². The molecule has 0 aliphatic carbocycles. The smallest absolute Gasteiger partial charge is 0.323 e. The van der Waals surface area contributed by atoms with Crippen molar-refractivity contribution >= 4 is 40.9 Å². The molecule has 4 amide bonds. The maximum atomic E-state index is 12.7. The van der Waals surface area contributed by atoms with Gasteiger partial charge in [0.25, 0.3) is 0 Å². The lowest BCUT2D eigenvalue weighted by Gasteiger charge is -2.16. The molecule has 0 aromatic heterocycles. The molecule has 2 unspecified atom stereocenters. The molecular weight excluding hydrogens is 496 g/mol. The van der Waals surface area contributed by atoms with Gasteiger partial charge in [0.15, 0.2) is 0 Å². The monoisotopic (exact) mass is 528 g/mol. The SMILES string of the molecule is CC(=O)N1CC(C(=O)O)C(c2ccc(NC(=O)Cc3ccc(NC(=O)Nc4ccccc4C)c(C)c3)cc2)C1. The summed E-state index contributed by atoms with van der Waals surface area (Å²) in [6.45, 7) is 5.77. The number of aryl methyl sites for hydroxylation is 2. The molecule has 4 rings (SSSR count). The third-order valence-corrected chi connectivity index (χ3v) is 7.00. The molecule has 1 saturated heterocycles. The van der Waals surface area contributed by atoms with Gasteiger partial charge in [-0.05, 0) is 60.4 Å². The highest BCUT2D eigenvalue weighted by Crippen LogP contribution is 2.33. The number of anilines is 3. The van der Waals surface area contributed by atoms with Crippen LogP contribution in [0.25, 0.3) is 0 Å². The zero-order valence-corrected chi connectivity index (χ0v) is 22.2. The Labute approximate surface area is 227 Å². The van der Waals surface area contributed by atoms with Crippen LogP contribution in [-0.2, 0) is 20.8 Å². The van der Waals surface area contributed by atoms with Crippen LogP contribution in [0.4, 0.5) is 21.9 Å². The van der Waals surface area contributed by atoms with Crippen molar-refractivity contribution in [1.82, 2.24) is 4.90 Å². The molecule has 9 heteroatoms. The Morgan fingerprint density at radius 3 is 2.13 bits per heavy atom. The number of amides is 4. The van der Waals surface area contributed by atoms with Crippen LogP contribution in [0.3, 0.4) is 0 Å². The minimum atomic E-state index is -0.926. The number of nitrogens with one attached hydrogen (secondary N) is 3. The third-order valence-electron chi connectivity index (χ3n) is 7.00. The van der Waals surface area contributed by atoms with Crippen molar-refractivity contribution in [1.29, 1.82) is 0 Å². The summed E-state index contributed by atoms with van der Waals surface area (Å²) >= 11 is 0. The average molecular weight is 529 g/mol. The van der Waals surface area contributed by atoms with E-state index in [1.807, 2.05) is 44.2 Å². The molecule has 1 heterocycles. The fraction of sp³-hybridized carbons (Fsp3) is 0.267. The fourth-order valence-corrected chi connectivity index (χ4v) is 4.82. The first-order chi connectivity index (χ1) is 18.6. The van der Waals surface area contributed by atoms with Gasteiger partial charge in [0.1, 0.15) is 0 Å². The van der Waals surface area contributed by atoms with E-state index in [-0.39, 0.29) is 36.7 Å². The number of hydrogen-bond donors (Lipinski definition) is 4. The molecule has 0 saturated carbocycles.